The summed E-state index contributed by atoms with van der Waals surface area (Å²) in [6.45, 7) is 0.227. The van der Waals surface area contributed by atoms with E-state index in [-0.39, 0.29) is 18.3 Å². The average Bonchev–Trinajstić information content (AvgIpc) is 2.28. The van der Waals surface area contributed by atoms with Crippen LogP contribution in [0, 0.1) is 5.82 Å². The van der Waals surface area contributed by atoms with E-state index in [1.54, 1.807) is 6.07 Å². The summed E-state index contributed by atoms with van der Waals surface area (Å²) < 4.78 is 13.5. The van der Waals surface area contributed by atoms with E-state index in [2.05, 4.69) is 0 Å². The van der Waals surface area contributed by atoms with Gasteiger partial charge in [-0.1, -0.05) is 12.1 Å². The first-order valence-corrected chi connectivity index (χ1v) is 6.02. The Bertz CT molecular complexity index is 358. The molecule has 2 rings (SSSR count). The molecule has 1 aliphatic heterocycles. The van der Waals surface area contributed by atoms with Crippen LogP contribution in [0.1, 0.15) is 17.9 Å². The molecular weight excluding hydrogens is 213 g/mol. The summed E-state index contributed by atoms with van der Waals surface area (Å²) in [6.07, 6.45) is 0.297. The fraction of sp³-hybridized carbons (Fsp3) is 0.455. The lowest BCUT2D eigenvalue weighted by atomic mass is 9.90. The molecule has 2 nitrogen and oxygen atoms in total. The highest BCUT2D eigenvalue weighted by molar-refractivity contribution is 7.99. The number of aliphatic hydroxyl groups is 1. The molecule has 3 N–H and O–H groups in total. The van der Waals surface area contributed by atoms with Gasteiger partial charge in [0, 0.05) is 17.4 Å². The van der Waals surface area contributed by atoms with Gasteiger partial charge in [0.2, 0.25) is 0 Å². The molecule has 0 aromatic heterocycles. The van der Waals surface area contributed by atoms with E-state index in [4.69, 9.17) is 5.73 Å². The summed E-state index contributed by atoms with van der Waals surface area (Å²) in [5.41, 5.74) is 6.35. The highest BCUT2D eigenvalue weighted by Crippen LogP contribution is 2.40. The molecule has 2 unspecified atom stereocenters. The summed E-state index contributed by atoms with van der Waals surface area (Å²) in [5, 5.41) is 9.76. The van der Waals surface area contributed by atoms with Crippen LogP contribution >= 0.6 is 11.8 Å². The zero-order valence-electron chi connectivity index (χ0n) is 8.32. The van der Waals surface area contributed by atoms with Crippen LogP contribution in [0.15, 0.2) is 23.1 Å². The Labute approximate surface area is 92.7 Å². The number of hydrogen-bond donors (Lipinski definition) is 2. The van der Waals surface area contributed by atoms with Crippen LogP contribution < -0.4 is 5.73 Å². The quantitative estimate of drug-likeness (QED) is 0.808. The number of fused-ring (bicyclic) bond motifs is 1. The fourth-order valence-corrected chi connectivity index (χ4v) is 3.15. The Morgan fingerprint density at radius 1 is 1.60 bits per heavy atom. The van der Waals surface area contributed by atoms with Gasteiger partial charge in [-0.2, -0.15) is 0 Å². The van der Waals surface area contributed by atoms with Crippen molar-refractivity contribution < 1.29 is 9.50 Å². The summed E-state index contributed by atoms with van der Waals surface area (Å²) >= 11 is 1.52. The van der Waals surface area contributed by atoms with Crippen molar-refractivity contribution in [1.82, 2.24) is 0 Å². The van der Waals surface area contributed by atoms with Gasteiger partial charge in [0.05, 0.1) is 6.10 Å². The highest BCUT2D eigenvalue weighted by atomic mass is 32.2. The third-order valence-electron chi connectivity index (χ3n) is 2.78. The standard InChI is InChI=1S/C11H14FNOS/c12-9-3-1-2-8-7(10(14)6-13)4-5-15-11(8)9/h1-3,7,10,14H,4-6,13H2. The lowest BCUT2D eigenvalue weighted by Crippen LogP contribution is -2.29. The van der Waals surface area contributed by atoms with Crippen LogP contribution in [0.2, 0.25) is 0 Å². The predicted molar refractivity (Wildman–Crippen MR) is 59.5 cm³/mol. The Morgan fingerprint density at radius 3 is 3.13 bits per heavy atom. The summed E-state index contributed by atoms with van der Waals surface area (Å²) in [4.78, 5) is 0.682. The summed E-state index contributed by atoms with van der Waals surface area (Å²) in [5.74, 6) is 0.642. The van der Waals surface area contributed by atoms with E-state index in [1.807, 2.05) is 6.07 Å². The number of benzene rings is 1. The van der Waals surface area contributed by atoms with Gasteiger partial charge < -0.3 is 10.8 Å². The van der Waals surface area contributed by atoms with Crippen LogP contribution in [0.5, 0.6) is 0 Å². The maximum atomic E-state index is 13.5. The van der Waals surface area contributed by atoms with E-state index in [9.17, 15) is 9.50 Å². The molecule has 0 saturated heterocycles. The van der Waals surface area contributed by atoms with Crippen molar-refractivity contribution in [1.29, 1.82) is 0 Å². The second kappa shape index (κ2) is 4.51. The molecule has 0 saturated carbocycles. The van der Waals surface area contributed by atoms with Crippen LogP contribution in [-0.4, -0.2) is 23.5 Å². The molecule has 0 radical (unpaired) electrons. The zero-order chi connectivity index (χ0) is 10.8. The Morgan fingerprint density at radius 2 is 2.40 bits per heavy atom. The monoisotopic (exact) mass is 227 g/mol. The van der Waals surface area contributed by atoms with Crippen molar-refractivity contribution in [3.8, 4) is 0 Å². The van der Waals surface area contributed by atoms with E-state index in [0.717, 1.165) is 17.7 Å². The molecule has 4 heteroatoms. The minimum atomic E-state index is -0.563. The third-order valence-corrected chi connectivity index (χ3v) is 3.94. The first kappa shape index (κ1) is 10.9. The van der Waals surface area contributed by atoms with E-state index >= 15 is 0 Å². The van der Waals surface area contributed by atoms with Crippen molar-refractivity contribution in [2.24, 2.45) is 5.73 Å². The van der Waals surface area contributed by atoms with Crippen LogP contribution in [0.25, 0.3) is 0 Å². The molecule has 2 atom stereocenters. The molecule has 0 bridgehead atoms. The molecule has 1 heterocycles. The molecule has 15 heavy (non-hydrogen) atoms. The number of nitrogens with two attached hydrogens (primary N) is 1. The fourth-order valence-electron chi connectivity index (χ4n) is 1.98. The van der Waals surface area contributed by atoms with Crippen LogP contribution in [-0.2, 0) is 0 Å². The molecular formula is C11H14FNOS. The molecule has 0 fully saturated rings. The van der Waals surface area contributed by atoms with E-state index in [0.29, 0.717) is 4.90 Å². The maximum absolute atomic E-state index is 13.5. The van der Waals surface area contributed by atoms with Gasteiger partial charge in [-0.15, -0.1) is 11.8 Å². The third kappa shape index (κ3) is 2.02. The van der Waals surface area contributed by atoms with Gasteiger partial charge in [-0.3, -0.25) is 0 Å². The molecule has 1 aromatic carbocycles. The van der Waals surface area contributed by atoms with Gasteiger partial charge in [-0.25, -0.2) is 4.39 Å². The van der Waals surface area contributed by atoms with Gasteiger partial charge in [-0.05, 0) is 23.8 Å². The topological polar surface area (TPSA) is 46.2 Å². The number of hydrogen-bond acceptors (Lipinski definition) is 3. The highest BCUT2D eigenvalue weighted by Gasteiger charge is 2.27. The number of rotatable bonds is 2. The van der Waals surface area contributed by atoms with E-state index < -0.39 is 6.10 Å². The minimum absolute atomic E-state index is 0.0121. The number of thioether (sulfide) groups is 1. The second-order valence-corrected chi connectivity index (χ2v) is 4.81. The average molecular weight is 227 g/mol. The van der Waals surface area contributed by atoms with Gasteiger partial charge in [0.15, 0.2) is 0 Å². The minimum Gasteiger partial charge on any atom is -0.391 e. The Balaban J connectivity index is 2.38. The molecule has 82 valence electrons. The van der Waals surface area contributed by atoms with Gasteiger partial charge in [0.1, 0.15) is 5.82 Å². The van der Waals surface area contributed by atoms with Crippen molar-refractivity contribution in [3.05, 3.63) is 29.6 Å². The maximum Gasteiger partial charge on any atom is 0.137 e. The van der Waals surface area contributed by atoms with Crippen molar-refractivity contribution in [2.75, 3.05) is 12.3 Å². The van der Waals surface area contributed by atoms with Crippen molar-refractivity contribution in [3.63, 3.8) is 0 Å². The normalized spacial score (nSPS) is 22.2. The van der Waals surface area contributed by atoms with E-state index in [1.165, 1.54) is 17.8 Å². The number of halogens is 1. The lowest BCUT2D eigenvalue weighted by Gasteiger charge is -2.28. The zero-order valence-corrected chi connectivity index (χ0v) is 9.14. The lowest BCUT2D eigenvalue weighted by molar-refractivity contribution is 0.147. The summed E-state index contributed by atoms with van der Waals surface area (Å²) in [7, 11) is 0. The Hall–Kier alpha value is -0.580. The molecule has 0 amide bonds. The second-order valence-electron chi connectivity index (χ2n) is 3.70. The smallest absolute Gasteiger partial charge is 0.137 e. The first-order chi connectivity index (χ1) is 7.24. The molecule has 1 aromatic rings. The first-order valence-electron chi connectivity index (χ1n) is 5.03. The molecule has 0 spiro atoms. The summed E-state index contributed by atoms with van der Waals surface area (Å²) in [6, 6.07) is 5.04. The van der Waals surface area contributed by atoms with Crippen molar-refractivity contribution in [2.45, 2.75) is 23.3 Å². The van der Waals surface area contributed by atoms with Crippen LogP contribution in [0.3, 0.4) is 0 Å². The van der Waals surface area contributed by atoms with Gasteiger partial charge in [0.25, 0.3) is 0 Å². The molecule has 1 aliphatic rings. The SMILES string of the molecule is NCC(O)C1CCSc2c(F)cccc21. The predicted octanol–water partition coefficient (Wildman–Crippen LogP) is 1.72. The van der Waals surface area contributed by atoms with Crippen molar-refractivity contribution >= 4 is 11.8 Å². The number of aliphatic hydroxyl groups excluding tert-OH is 1. The van der Waals surface area contributed by atoms with Gasteiger partial charge >= 0.3 is 0 Å². The Kier molecular flexibility index (Phi) is 3.29. The van der Waals surface area contributed by atoms with Crippen LogP contribution in [0.4, 0.5) is 4.39 Å². The largest absolute Gasteiger partial charge is 0.391 e. The molecule has 0 aliphatic carbocycles.